The molecule has 1 saturated carbocycles. The van der Waals surface area contributed by atoms with E-state index in [2.05, 4.69) is 30.2 Å². The number of carbonyl (C=O) groups is 1. The van der Waals surface area contributed by atoms with Crippen LogP contribution < -0.4 is 14.8 Å². The molecule has 0 bridgehead atoms. The summed E-state index contributed by atoms with van der Waals surface area (Å²) in [6.07, 6.45) is 1.65. The Morgan fingerprint density at radius 3 is 2.78 bits per heavy atom. The van der Waals surface area contributed by atoms with Gasteiger partial charge in [0.2, 0.25) is 17.7 Å². The lowest BCUT2D eigenvalue weighted by Gasteiger charge is -2.25. The molecule has 1 aliphatic carbocycles. The van der Waals surface area contributed by atoms with E-state index in [1.54, 1.807) is 12.1 Å². The first-order valence-corrected chi connectivity index (χ1v) is 11.6. The van der Waals surface area contributed by atoms with Crippen LogP contribution in [0.4, 0.5) is 17.6 Å². The van der Waals surface area contributed by atoms with Gasteiger partial charge in [-0.2, -0.15) is 13.9 Å². The van der Waals surface area contributed by atoms with Crippen LogP contribution in [0.2, 0.25) is 0 Å². The number of H-pyrrole nitrogens is 1. The van der Waals surface area contributed by atoms with Crippen LogP contribution >= 0.6 is 0 Å². The summed E-state index contributed by atoms with van der Waals surface area (Å²) < 4.78 is 68.0. The van der Waals surface area contributed by atoms with Gasteiger partial charge in [-0.15, -0.1) is 5.10 Å². The number of ether oxygens (including phenoxy) is 2. The van der Waals surface area contributed by atoms with Crippen LogP contribution in [0.15, 0.2) is 24.5 Å². The summed E-state index contributed by atoms with van der Waals surface area (Å²) in [5, 5.41) is 11.4. The molecule has 2 N–H and O–H groups in total. The minimum Gasteiger partial charge on any atom is -0.475 e. The number of alkyl halides is 4. The van der Waals surface area contributed by atoms with Crippen molar-refractivity contribution in [2.75, 3.05) is 6.61 Å². The number of rotatable bonds is 7. The van der Waals surface area contributed by atoms with Crippen LogP contribution in [-0.2, 0) is 18.4 Å². The van der Waals surface area contributed by atoms with Crippen LogP contribution in [0, 0.1) is 5.92 Å². The van der Waals surface area contributed by atoms with Gasteiger partial charge in [0.1, 0.15) is 17.9 Å². The highest BCUT2D eigenvalue weighted by Gasteiger charge is 2.37. The van der Waals surface area contributed by atoms with Crippen molar-refractivity contribution in [3.63, 3.8) is 0 Å². The number of amides is 1. The molecule has 1 fully saturated rings. The maximum absolute atomic E-state index is 14.3. The van der Waals surface area contributed by atoms with Gasteiger partial charge >= 0.3 is 6.61 Å². The number of halogens is 4. The van der Waals surface area contributed by atoms with E-state index in [9.17, 15) is 22.4 Å². The highest BCUT2D eigenvalue weighted by molar-refractivity contribution is 6.04. The largest absolute Gasteiger partial charge is 0.475 e. The van der Waals surface area contributed by atoms with Crippen LogP contribution in [0.1, 0.15) is 25.0 Å². The maximum Gasteiger partial charge on any atom is 0.388 e. The molecule has 4 aromatic rings. The number of aromatic nitrogens is 6. The molecule has 1 atom stereocenters. The molecule has 0 unspecified atom stereocenters. The number of hydrogen-bond donors (Lipinski definition) is 2. The van der Waals surface area contributed by atoms with Gasteiger partial charge in [-0.05, 0) is 25.0 Å². The fraction of sp³-hybridized carbons (Fsp3) is 0.391. The van der Waals surface area contributed by atoms with E-state index in [-0.39, 0.29) is 59.1 Å². The average Bonchev–Trinajstić information content (AvgIpc) is 3.41. The SMILES string of the molecule is Cn1cc(-c2c(-c3c(C(F)F)nn4c3OC[C@@H](NC(=O)C3CC3)C4)[nH]c3ncccc23)c(OC(F)F)n1. The van der Waals surface area contributed by atoms with Crippen molar-refractivity contribution in [1.82, 2.24) is 34.8 Å². The molecular formula is C23H21F4N7O3. The molecule has 37 heavy (non-hydrogen) atoms. The minimum atomic E-state index is -3.15. The Labute approximate surface area is 206 Å². The Balaban J connectivity index is 1.50. The number of aromatic amines is 1. The van der Waals surface area contributed by atoms with Crippen molar-refractivity contribution in [2.45, 2.75) is 38.5 Å². The predicted octanol–water partition coefficient (Wildman–Crippen LogP) is 3.65. The van der Waals surface area contributed by atoms with E-state index < -0.39 is 24.8 Å². The third kappa shape index (κ3) is 4.15. The topological polar surface area (TPSA) is 112 Å². The molecule has 14 heteroatoms. The zero-order valence-electron chi connectivity index (χ0n) is 19.4. The Bertz CT molecular complexity index is 1490. The van der Waals surface area contributed by atoms with Crippen LogP contribution in [-0.4, -0.2) is 54.7 Å². The molecule has 0 saturated heterocycles. The third-order valence-corrected chi connectivity index (χ3v) is 6.33. The maximum atomic E-state index is 14.3. The molecule has 10 nitrogen and oxygen atoms in total. The molecule has 0 radical (unpaired) electrons. The summed E-state index contributed by atoms with van der Waals surface area (Å²) in [6.45, 7) is -2.96. The Morgan fingerprint density at radius 1 is 1.24 bits per heavy atom. The number of carbonyl (C=O) groups excluding carboxylic acids is 1. The highest BCUT2D eigenvalue weighted by atomic mass is 19.3. The predicted molar refractivity (Wildman–Crippen MR) is 121 cm³/mol. The van der Waals surface area contributed by atoms with Crippen molar-refractivity contribution < 1.29 is 31.8 Å². The third-order valence-electron chi connectivity index (χ3n) is 6.33. The zero-order valence-corrected chi connectivity index (χ0v) is 19.4. The fourth-order valence-corrected chi connectivity index (χ4v) is 4.62. The summed E-state index contributed by atoms with van der Waals surface area (Å²) in [7, 11) is 1.53. The lowest BCUT2D eigenvalue weighted by molar-refractivity contribution is -0.123. The summed E-state index contributed by atoms with van der Waals surface area (Å²) in [6, 6.07) is 2.88. The molecule has 1 aliphatic heterocycles. The van der Waals surface area contributed by atoms with Gasteiger partial charge < -0.3 is 19.8 Å². The van der Waals surface area contributed by atoms with Crippen molar-refractivity contribution in [1.29, 1.82) is 0 Å². The first-order valence-electron chi connectivity index (χ1n) is 11.6. The molecule has 5 heterocycles. The van der Waals surface area contributed by atoms with Gasteiger partial charge in [0.05, 0.1) is 29.4 Å². The van der Waals surface area contributed by atoms with E-state index >= 15 is 0 Å². The van der Waals surface area contributed by atoms with Gasteiger partial charge in [0.15, 0.2) is 0 Å². The fourth-order valence-electron chi connectivity index (χ4n) is 4.62. The highest BCUT2D eigenvalue weighted by Crippen LogP contribution is 2.47. The van der Waals surface area contributed by atoms with Gasteiger partial charge in [-0.25, -0.2) is 18.4 Å². The van der Waals surface area contributed by atoms with E-state index in [4.69, 9.17) is 4.74 Å². The van der Waals surface area contributed by atoms with Crippen molar-refractivity contribution in [2.24, 2.45) is 13.0 Å². The molecule has 0 spiro atoms. The second kappa shape index (κ2) is 8.78. The molecule has 0 aromatic carbocycles. The first-order chi connectivity index (χ1) is 17.8. The summed E-state index contributed by atoms with van der Waals surface area (Å²) >= 11 is 0. The quantitative estimate of drug-likeness (QED) is 0.361. The lowest BCUT2D eigenvalue weighted by Crippen LogP contribution is -2.45. The summed E-state index contributed by atoms with van der Waals surface area (Å²) in [5.41, 5.74) is 0.349. The standard InChI is InChI=1S/C23H21F4N7O3/c1-33-8-13(21(32-33)37-23(26)27)14-12-3-2-6-28-19(12)30-16(14)15-17(18(24)25)31-34-7-11(9-36-22(15)34)29-20(35)10-4-5-10/h2-3,6,8,10-11,18,23H,4-5,7,9H2,1H3,(H,28,30)(H,29,35)/t11-/m0/s1. The second-order valence-corrected chi connectivity index (χ2v) is 9.01. The Kier molecular flexibility index (Phi) is 5.53. The van der Waals surface area contributed by atoms with Crippen molar-refractivity contribution >= 4 is 16.9 Å². The molecule has 194 valence electrons. The molecule has 4 aromatic heterocycles. The van der Waals surface area contributed by atoms with Gasteiger partial charge in [0, 0.05) is 36.3 Å². The molecule has 2 aliphatic rings. The normalized spacial score (nSPS) is 17.3. The van der Waals surface area contributed by atoms with Crippen molar-refractivity contribution in [3.8, 4) is 34.1 Å². The number of nitrogens with one attached hydrogen (secondary N) is 2. The molecule has 1 amide bonds. The van der Waals surface area contributed by atoms with Gasteiger partial charge in [-0.1, -0.05) is 0 Å². The smallest absolute Gasteiger partial charge is 0.388 e. The van der Waals surface area contributed by atoms with Crippen LogP contribution in [0.5, 0.6) is 11.8 Å². The summed E-state index contributed by atoms with van der Waals surface area (Å²) in [4.78, 5) is 19.5. The van der Waals surface area contributed by atoms with Gasteiger partial charge in [0.25, 0.3) is 6.43 Å². The number of nitrogens with zero attached hydrogens (tertiary/aromatic N) is 5. The Hall–Kier alpha value is -4.10. The van der Waals surface area contributed by atoms with Crippen LogP contribution in [0.25, 0.3) is 33.4 Å². The minimum absolute atomic E-state index is 0.0169. The second-order valence-electron chi connectivity index (χ2n) is 9.01. The van der Waals surface area contributed by atoms with E-state index in [0.717, 1.165) is 12.8 Å². The number of pyridine rings is 1. The average molecular weight is 519 g/mol. The summed E-state index contributed by atoms with van der Waals surface area (Å²) in [5.74, 6) is -0.408. The monoisotopic (exact) mass is 519 g/mol. The van der Waals surface area contributed by atoms with E-state index in [1.807, 2.05) is 0 Å². The number of fused-ring (bicyclic) bond motifs is 2. The lowest BCUT2D eigenvalue weighted by atomic mass is 10.0. The first kappa shape index (κ1) is 23.3. The van der Waals surface area contributed by atoms with Gasteiger partial charge in [-0.3, -0.25) is 9.48 Å². The molecule has 6 rings (SSSR count). The molecular weight excluding hydrogens is 498 g/mol. The number of aryl methyl sites for hydroxylation is 1. The Morgan fingerprint density at radius 2 is 2.05 bits per heavy atom. The number of hydrogen-bond acceptors (Lipinski definition) is 6. The van der Waals surface area contributed by atoms with E-state index in [0.29, 0.717) is 11.0 Å². The van der Waals surface area contributed by atoms with Crippen molar-refractivity contribution in [3.05, 3.63) is 30.2 Å². The zero-order chi connectivity index (χ0) is 25.8. The van der Waals surface area contributed by atoms with Crippen LogP contribution in [0.3, 0.4) is 0 Å². The van der Waals surface area contributed by atoms with E-state index in [1.165, 1.54) is 28.8 Å².